The highest BCUT2D eigenvalue weighted by molar-refractivity contribution is 7.90. The highest BCUT2D eigenvalue weighted by Gasteiger charge is 2.19. The van der Waals surface area contributed by atoms with Crippen LogP contribution < -0.4 is 5.32 Å². The van der Waals surface area contributed by atoms with Gasteiger partial charge < -0.3 is 5.32 Å². The highest BCUT2D eigenvalue weighted by Crippen LogP contribution is 2.20. The summed E-state index contributed by atoms with van der Waals surface area (Å²) in [7, 11) is -2.93. The second kappa shape index (κ2) is 7.95. The zero-order chi connectivity index (χ0) is 13.4. The minimum Gasteiger partial charge on any atom is -0.309 e. The summed E-state index contributed by atoms with van der Waals surface area (Å²) < 4.78 is 23.1. The molecule has 0 saturated heterocycles. The third-order valence-corrected chi connectivity index (χ3v) is 4.32. The van der Waals surface area contributed by atoms with Crippen molar-refractivity contribution in [3.8, 4) is 0 Å². The van der Waals surface area contributed by atoms with E-state index in [4.69, 9.17) is 0 Å². The van der Waals surface area contributed by atoms with Gasteiger partial charge in [-0.1, -0.05) is 31.4 Å². The quantitative estimate of drug-likeness (QED) is 0.757. The van der Waals surface area contributed by atoms with E-state index in [0.29, 0.717) is 0 Å². The van der Waals surface area contributed by atoms with E-state index in [9.17, 15) is 8.42 Å². The molecule has 1 aliphatic carbocycles. The first kappa shape index (κ1) is 15.7. The van der Waals surface area contributed by atoms with Crippen LogP contribution >= 0.6 is 0 Å². The Bertz CT molecular complexity index is 360. The van der Waals surface area contributed by atoms with E-state index in [0.717, 1.165) is 25.8 Å². The lowest BCUT2D eigenvalue weighted by atomic mass is 9.95. The van der Waals surface area contributed by atoms with Crippen molar-refractivity contribution >= 4 is 9.84 Å². The average Bonchev–Trinajstić information content (AvgIpc) is 2.22. The normalized spacial score (nSPS) is 19.8. The summed E-state index contributed by atoms with van der Waals surface area (Å²) in [5.41, 5.74) is 1.31. The van der Waals surface area contributed by atoms with Crippen LogP contribution in [0.25, 0.3) is 0 Å². The third kappa shape index (κ3) is 6.55. The molecule has 0 bridgehead atoms. The van der Waals surface area contributed by atoms with Gasteiger partial charge >= 0.3 is 0 Å². The lowest BCUT2D eigenvalue weighted by Gasteiger charge is -2.22. The van der Waals surface area contributed by atoms with Crippen LogP contribution in [0.5, 0.6) is 0 Å². The highest BCUT2D eigenvalue weighted by atomic mass is 32.2. The van der Waals surface area contributed by atoms with Gasteiger partial charge in [-0.25, -0.2) is 8.42 Å². The molecule has 1 aliphatic rings. The van der Waals surface area contributed by atoms with Crippen molar-refractivity contribution < 1.29 is 8.42 Å². The Balaban J connectivity index is 2.72. The van der Waals surface area contributed by atoms with Gasteiger partial charge in [-0.15, -0.1) is 0 Å². The standard InChI is InChI=1S/C14H27NO2S/c1-3-11-15-14(12-18(2,16)17)13-9-7-5-4-6-8-10-13/h9,14-15H,3-8,10-12H2,1-2H3. The predicted molar refractivity (Wildman–Crippen MR) is 77.6 cm³/mol. The maximum Gasteiger partial charge on any atom is 0.149 e. The van der Waals surface area contributed by atoms with Crippen LogP contribution in [0.1, 0.15) is 51.9 Å². The van der Waals surface area contributed by atoms with Crippen LogP contribution in [0.15, 0.2) is 11.6 Å². The fourth-order valence-electron chi connectivity index (χ4n) is 2.45. The van der Waals surface area contributed by atoms with Gasteiger partial charge in [0.2, 0.25) is 0 Å². The Morgan fingerprint density at radius 3 is 2.67 bits per heavy atom. The minimum atomic E-state index is -2.93. The van der Waals surface area contributed by atoms with Crippen molar-refractivity contribution in [2.75, 3.05) is 18.6 Å². The Kier molecular flexibility index (Phi) is 6.94. The molecule has 0 aromatic carbocycles. The van der Waals surface area contributed by atoms with Crippen LogP contribution in [0.4, 0.5) is 0 Å². The fourth-order valence-corrected chi connectivity index (χ4v) is 3.39. The summed E-state index contributed by atoms with van der Waals surface area (Å²) in [6, 6.07) is 0.0260. The molecule has 1 N–H and O–H groups in total. The molecule has 0 amide bonds. The molecule has 1 rings (SSSR count). The molecule has 4 heteroatoms. The summed E-state index contributed by atoms with van der Waals surface area (Å²) in [6.45, 7) is 2.99. The molecule has 18 heavy (non-hydrogen) atoms. The summed E-state index contributed by atoms with van der Waals surface area (Å²) in [6.07, 6.45) is 11.8. The SMILES string of the molecule is CCCNC(CS(C)(=O)=O)C1=CCCCCCC1. The van der Waals surface area contributed by atoms with Gasteiger partial charge in [0.15, 0.2) is 0 Å². The summed E-state index contributed by atoms with van der Waals surface area (Å²) in [5.74, 6) is 0.235. The van der Waals surface area contributed by atoms with Gasteiger partial charge in [0.1, 0.15) is 9.84 Å². The van der Waals surface area contributed by atoms with Crippen LogP contribution in [0.3, 0.4) is 0 Å². The zero-order valence-corrected chi connectivity index (χ0v) is 12.6. The fraction of sp³-hybridized carbons (Fsp3) is 0.857. The van der Waals surface area contributed by atoms with Crippen molar-refractivity contribution in [1.29, 1.82) is 0 Å². The first-order valence-electron chi connectivity index (χ1n) is 7.13. The summed E-state index contributed by atoms with van der Waals surface area (Å²) in [4.78, 5) is 0. The van der Waals surface area contributed by atoms with Crippen LogP contribution in [0.2, 0.25) is 0 Å². The number of sulfone groups is 1. The predicted octanol–water partition coefficient (Wildman–Crippen LogP) is 2.68. The number of hydrogen-bond donors (Lipinski definition) is 1. The van der Waals surface area contributed by atoms with E-state index in [1.54, 1.807) is 0 Å². The Morgan fingerprint density at radius 1 is 1.28 bits per heavy atom. The van der Waals surface area contributed by atoms with Gasteiger partial charge in [0, 0.05) is 12.3 Å². The van der Waals surface area contributed by atoms with Crippen molar-refractivity contribution in [3.05, 3.63) is 11.6 Å². The third-order valence-electron chi connectivity index (χ3n) is 3.38. The van der Waals surface area contributed by atoms with Crippen LogP contribution in [-0.2, 0) is 9.84 Å². The van der Waals surface area contributed by atoms with Gasteiger partial charge in [-0.2, -0.15) is 0 Å². The van der Waals surface area contributed by atoms with E-state index in [1.165, 1.54) is 37.5 Å². The molecule has 0 aromatic heterocycles. The van der Waals surface area contributed by atoms with Gasteiger partial charge in [0.25, 0.3) is 0 Å². The van der Waals surface area contributed by atoms with Crippen LogP contribution in [0, 0.1) is 0 Å². The van der Waals surface area contributed by atoms with Crippen molar-refractivity contribution in [1.82, 2.24) is 5.32 Å². The first-order valence-corrected chi connectivity index (χ1v) is 9.19. The molecule has 0 heterocycles. The van der Waals surface area contributed by atoms with Gasteiger partial charge in [0.05, 0.1) is 5.75 Å². The lowest BCUT2D eigenvalue weighted by Crippen LogP contribution is -2.37. The molecular weight excluding hydrogens is 246 g/mol. The monoisotopic (exact) mass is 273 g/mol. The topological polar surface area (TPSA) is 46.2 Å². The van der Waals surface area contributed by atoms with Gasteiger partial charge in [-0.3, -0.25) is 0 Å². The molecule has 1 atom stereocenters. The molecule has 0 saturated carbocycles. The van der Waals surface area contributed by atoms with E-state index in [-0.39, 0.29) is 11.8 Å². The van der Waals surface area contributed by atoms with E-state index >= 15 is 0 Å². The number of nitrogens with one attached hydrogen (secondary N) is 1. The molecular formula is C14H27NO2S. The molecule has 0 radical (unpaired) electrons. The largest absolute Gasteiger partial charge is 0.309 e. The Hall–Kier alpha value is -0.350. The number of rotatable bonds is 6. The zero-order valence-electron chi connectivity index (χ0n) is 11.7. The second-order valence-electron chi connectivity index (χ2n) is 5.33. The molecule has 0 spiro atoms. The molecule has 0 fully saturated rings. The molecule has 0 aliphatic heterocycles. The van der Waals surface area contributed by atoms with E-state index < -0.39 is 9.84 Å². The summed E-state index contributed by atoms with van der Waals surface area (Å²) in [5, 5.41) is 3.40. The van der Waals surface area contributed by atoms with Crippen molar-refractivity contribution in [2.45, 2.75) is 57.9 Å². The molecule has 3 nitrogen and oxygen atoms in total. The van der Waals surface area contributed by atoms with Crippen LogP contribution in [-0.4, -0.2) is 33.0 Å². The van der Waals surface area contributed by atoms with Crippen molar-refractivity contribution in [2.24, 2.45) is 0 Å². The maximum absolute atomic E-state index is 11.5. The first-order chi connectivity index (χ1) is 8.53. The summed E-state index contributed by atoms with van der Waals surface area (Å²) >= 11 is 0. The van der Waals surface area contributed by atoms with Gasteiger partial charge in [-0.05, 0) is 38.6 Å². The van der Waals surface area contributed by atoms with E-state index in [1.807, 2.05) is 0 Å². The molecule has 106 valence electrons. The smallest absolute Gasteiger partial charge is 0.149 e. The van der Waals surface area contributed by atoms with E-state index in [2.05, 4.69) is 18.3 Å². The number of hydrogen-bond acceptors (Lipinski definition) is 3. The molecule has 0 aromatic rings. The Morgan fingerprint density at radius 2 is 2.00 bits per heavy atom. The second-order valence-corrected chi connectivity index (χ2v) is 7.52. The minimum absolute atomic E-state index is 0.0260. The average molecular weight is 273 g/mol. The van der Waals surface area contributed by atoms with Crippen molar-refractivity contribution in [3.63, 3.8) is 0 Å². The lowest BCUT2D eigenvalue weighted by molar-refractivity contribution is 0.539. The Labute approximate surface area is 112 Å². The molecule has 1 unspecified atom stereocenters. The number of allylic oxidation sites excluding steroid dienone is 1. The maximum atomic E-state index is 11.5.